The van der Waals surface area contributed by atoms with Crippen molar-refractivity contribution in [3.05, 3.63) is 71.8 Å². The van der Waals surface area contributed by atoms with Gasteiger partial charge in [-0.3, -0.25) is 14.6 Å². The van der Waals surface area contributed by atoms with Crippen molar-refractivity contribution in [2.75, 3.05) is 13.2 Å². The van der Waals surface area contributed by atoms with Crippen LogP contribution in [0.3, 0.4) is 0 Å². The van der Waals surface area contributed by atoms with E-state index in [2.05, 4.69) is 15.6 Å². The number of amides is 2. The molecular weight excluding hydrogens is 441 g/mol. The normalized spacial score (nSPS) is 12.1. The number of aliphatic imine (C=N–C) groups is 1. The number of carbonyl (C=O) groups excluding carboxylic acids is 3. The van der Waals surface area contributed by atoms with E-state index in [0.29, 0.717) is 6.42 Å². The molecule has 2 rings (SSSR count). The second-order valence-corrected chi connectivity index (χ2v) is 7.56. The van der Waals surface area contributed by atoms with Gasteiger partial charge in [0.2, 0.25) is 5.91 Å². The third-order valence-corrected chi connectivity index (χ3v) is 4.89. The maximum absolute atomic E-state index is 13.1. The van der Waals surface area contributed by atoms with Crippen LogP contribution >= 0.6 is 0 Å². The van der Waals surface area contributed by atoms with Crippen molar-refractivity contribution >= 4 is 23.7 Å². The number of alkyl carbamates (subject to hydrolysis) is 1. The van der Waals surface area contributed by atoms with Crippen molar-refractivity contribution in [1.29, 1.82) is 0 Å². The highest BCUT2D eigenvalue weighted by atomic mass is 19.1. The van der Waals surface area contributed by atoms with Crippen LogP contribution < -0.4 is 22.1 Å². The van der Waals surface area contributed by atoms with Crippen LogP contribution in [-0.2, 0) is 27.4 Å². The number of Topliss-reactive ketones (excluding diaryl/α,β-unsaturated/α-hetero) is 1. The van der Waals surface area contributed by atoms with Crippen molar-refractivity contribution in [3.8, 4) is 0 Å². The zero-order chi connectivity index (χ0) is 24.8. The Morgan fingerprint density at radius 3 is 2.12 bits per heavy atom. The summed E-state index contributed by atoms with van der Waals surface area (Å²) >= 11 is 0. The molecule has 0 aromatic heterocycles. The van der Waals surface area contributed by atoms with Crippen molar-refractivity contribution < 1.29 is 23.5 Å². The molecule has 0 fully saturated rings. The lowest BCUT2D eigenvalue weighted by Crippen LogP contribution is -2.52. The first-order chi connectivity index (χ1) is 16.4. The number of halogens is 1. The number of nitrogens with zero attached hydrogens (tertiary/aromatic N) is 1. The smallest absolute Gasteiger partial charge is 0.408 e. The van der Waals surface area contributed by atoms with Crippen molar-refractivity contribution in [3.63, 3.8) is 0 Å². The highest BCUT2D eigenvalue weighted by Crippen LogP contribution is 2.07. The zero-order valence-corrected chi connectivity index (χ0v) is 18.8. The van der Waals surface area contributed by atoms with Crippen LogP contribution in [0.5, 0.6) is 0 Å². The lowest BCUT2D eigenvalue weighted by Gasteiger charge is -2.22. The first kappa shape index (κ1) is 26.3. The Balaban J connectivity index is 2.05. The highest BCUT2D eigenvalue weighted by Gasteiger charge is 2.27. The van der Waals surface area contributed by atoms with Crippen LogP contribution in [0, 0.1) is 0 Å². The van der Waals surface area contributed by atoms with Crippen LogP contribution in [0.2, 0.25) is 0 Å². The molecule has 0 heterocycles. The van der Waals surface area contributed by atoms with E-state index < -0.39 is 36.5 Å². The van der Waals surface area contributed by atoms with Gasteiger partial charge in [-0.05, 0) is 24.0 Å². The fourth-order valence-corrected chi connectivity index (χ4v) is 3.15. The summed E-state index contributed by atoms with van der Waals surface area (Å²) in [6.45, 7) is -0.977. The number of rotatable bonds is 13. The van der Waals surface area contributed by atoms with Crippen LogP contribution in [0.1, 0.15) is 24.0 Å². The fourth-order valence-electron chi connectivity index (χ4n) is 3.15. The number of ether oxygens (including phenoxy) is 1. The van der Waals surface area contributed by atoms with Crippen LogP contribution in [0.25, 0.3) is 0 Å². The summed E-state index contributed by atoms with van der Waals surface area (Å²) in [5.74, 6) is -1.50. The molecule has 0 aliphatic heterocycles. The van der Waals surface area contributed by atoms with Gasteiger partial charge in [-0.15, -0.1) is 0 Å². The van der Waals surface area contributed by atoms with Gasteiger partial charge in [-0.1, -0.05) is 60.7 Å². The van der Waals surface area contributed by atoms with Gasteiger partial charge in [0.1, 0.15) is 19.3 Å². The molecule has 182 valence electrons. The highest BCUT2D eigenvalue weighted by molar-refractivity contribution is 5.92. The minimum atomic E-state index is -1.23. The van der Waals surface area contributed by atoms with Gasteiger partial charge in [0, 0.05) is 13.0 Å². The molecule has 10 heteroatoms. The number of nitrogens with two attached hydrogens (primary N) is 2. The quantitative estimate of drug-likeness (QED) is 0.198. The number of benzene rings is 2. The molecule has 2 atom stereocenters. The number of hydrogen-bond acceptors (Lipinski definition) is 5. The van der Waals surface area contributed by atoms with E-state index in [1.54, 1.807) is 36.4 Å². The Hall–Kier alpha value is -3.95. The van der Waals surface area contributed by atoms with E-state index >= 15 is 0 Å². The summed E-state index contributed by atoms with van der Waals surface area (Å²) in [7, 11) is 0. The van der Waals surface area contributed by atoms with Crippen LogP contribution in [0.15, 0.2) is 65.7 Å². The molecule has 0 radical (unpaired) electrons. The first-order valence-electron chi connectivity index (χ1n) is 10.8. The first-order valence-corrected chi connectivity index (χ1v) is 10.8. The third-order valence-electron chi connectivity index (χ3n) is 4.89. The Bertz CT molecular complexity index is 952. The van der Waals surface area contributed by atoms with Gasteiger partial charge in [0.25, 0.3) is 0 Å². The van der Waals surface area contributed by atoms with Crippen molar-refractivity contribution in [2.45, 2.75) is 38.0 Å². The molecule has 0 unspecified atom stereocenters. The van der Waals surface area contributed by atoms with Crippen LogP contribution in [-0.4, -0.2) is 49.0 Å². The summed E-state index contributed by atoms with van der Waals surface area (Å²) in [6.07, 6.45) is -0.148. The average molecular weight is 472 g/mol. The number of ketones is 1. The summed E-state index contributed by atoms with van der Waals surface area (Å²) < 4.78 is 18.3. The van der Waals surface area contributed by atoms with Gasteiger partial charge in [0.15, 0.2) is 11.7 Å². The zero-order valence-electron chi connectivity index (χ0n) is 18.8. The third kappa shape index (κ3) is 9.68. The summed E-state index contributed by atoms with van der Waals surface area (Å²) in [4.78, 5) is 41.3. The number of carbonyl (C=O) groups is 3. The number of guanidine groups is 1. The van der Waals surface area contributed by atoms with Gasteiger partial charge in [-0.2, -0.15) is 0 Å². The number of hydrogen-bond donors (Lipinski definition) is 4. The Morgan fingerprint density at radius 2 is 1.53 bits per heavy atom. The van der Waals surface area contributed by atoms with E-state index in [4.69, 9.17) is 16.2 Å². The Kier molecular flexibility index (Phi) is 11.0. The molecule has 0 saturated carbocycles. The van der Waals surface area contributed by atoms with Gasteiger partial charge >= 0.3 is 6.09 Å². The van der Waals surface area contributed by atoms with Gasteiger partial charge in [0.05, 0.1) is 6.04 Å². The topological polar surface area (TPSA) is 149 Å². The molecule has 0 bridgehead atoms. The maximum Gasteiger partial charge on any atom is 0.408 e. The average Bonchev–Trinajstić information content (AvgIpc) is 2.84. The molecule has 2 amide bonds. The van der Waals surface area contributed by atoms with E-state index in [1.165, 1.54) is 0 Å². The minimum Gasteiger partial charge on any atom is -0.445 e. The van der Waals surface area contributed by atoms with E-state index in [1.807, 2.05) is 24.3 Å². The molecule has 2 aromatic carbocycles. The van der Waals surface area contributed by atoms with E-state index in [0.717, 1.165) is 11.1 Å². The van der Waals surface area contributed by atoms with Crippen molar-refractivity contribution in [1.82, 2.24) is 10.6 Å². The SMILES string of the molecule is NC(N)=NCCC[C@H](NC(=O)[C@H](Cc1ccccc1)NC(=O)OCc1ccccc1)C(=O)CF. The molecule has 0 aliphatic rings. The second kappa shape index (κ2) is 14.2. The lowest BCUT2D eigenvalue weighted by molar-refractivity contribution is -0.129. The molecule has 2 aromatic rings. The molecule has 34 heavy (non-hydrogen) atoms. The Morgan fingerprint density at radius 1 is 0.912 bits per heavy atom. The largest absolute Gasteiger partial charge is 0.445 e. The summed E-state index contributed by atoms with van der Waals surface area (Å²) in [5.41, 5.74) is 12.1. The monoisotopic (exact) mass is 471 g/mol. The minimum absolute atomic E-state index is 0.0279. The van der Waals surface area contributed by atoms with Gasteiger partial charge < -0.3 is 26.8 Å². The Labute approximate surface area is 197 Å². The molecule has 0 aliphatic carbocycles. The van der Waals surface area contributed by atoms with E-state index in [9.17, 15) is 18.8 Å². The standard InChI is InChI=1S/C24H30FN5O4/c25-15-21(31)19(12-7-13-28-23(26)27)29-22(32)20(14-17-8-3-1-4-9-17)30-24(33)34-16-18-10-5-2-6-11-18/h1-6,8-11,19-20H,7,12-16H2,(H,29,32)(H,30,33)(H4,26,27,28)/t19-,20-/m0/s1. The summed E-state index contributed by atoms with van der Waals surface area (Å²) in [6, 6.07) is 16.0. The number of nitrogens with one attached hydrogen (secondary N) is 2. The van der Waals surface area contributed by atoms with Crippen LogP contribution in [0.4, 0.5) is 9.18 Å². The fraction of sp³-hybridized carbons (Fsp3) is 0.333. The molecule has 6 N–H and O–H groups in total. The molecule has 0 saturated heterocycles. The predicted molar refractivity (Wildman–Crippen MR) is 127 cm³/mol. The van der Waals surface area contributed by atoms with Crippen molar-refractivity contribution in [2.24, 2.45) is 16.5 Å². The van der Waals surface area contributed by atoms with E-state index in [-0.39, 0.29) is 32.0 Å². The van der Waals surface area contributed by atoms with Gasteiger partial charge in [-0.25, -0.2) is 9.18 Å². The lowest BCUT2D eigenvalue weighted by atomic mass is 10.0. The molecule has 0 spiro atoms. The molecular formula is C24H30FN5O4. The second-order valence-electron chi connectivity index (χ2n) is 7.56. The number of alkyl halides is 1. The molecule has 9 nitrogen and oxygen atoms in total. The predicted octanol–water partition coefficient (Wildman–Crippen LogP) is 1.60. The maximum atomic E-state index is 13.1. The summed E-state index contributed by atoms with van der Waals surface area (Å²) in [5, 5.41) is 5.09.